The van der Waals surface area contributed by atoms with Crippen molar-refractivity contribution in [3.05, 3.63) is 77.8 Å². The van der Waals surface area contributed by atoms with Gasteiger partial charge in [0.05, 0.1) is 22.4 Å². The number of rotatable bonds is 7. The lowest BCUT2D eigenvalue weighted by Crippen LogP contribution is -2.43. The van der Waals surface area contributed by atoms with Gasteiger partial charge in [-0.3, -0.25) is 9.69 Å². The Kier molecular flexibility index (Phi) is 7.11. The van der Waals surface area contributed by atoms with Crippen LogP contribution in [0.4, 0.5) is 13.9 Å². The van der Waals surface area contributed by atoms with Crippen LogP contribution in [0.25, 0.3) is 10.2 Å². The zero-order valence-corrected chi connectivity index (χ0v) is 21.7. The highest BCUT2D eigenvalue weighted by Crippen LogP contribution is 2.33. The number of aromatic nitrogens is 1. The first-order valence-electron chi connectivity index (χ1n) is 12.0. The van der Waals surface area contributed by atoms with Gasteiger partial charge in [-0.05, 0) is 61.7 Å². The Bertz CT molecular complexity index is 1520. The van der Waals surface area contributed by atoms with Crippen molar-refractivity contribution in [1.82, 2.24) is 9.29 Å². The van der Waals surface area contributed by atoms with E-state index in [-0.39, 0.29) is 38.4 Å². The smallest absolute Gasteiger partial charge is 0.260 e. The molecule has 0 spiro atoms. The van der Waals surface area contributed by atoms with Crippen molar-refractivity contribution in [3.8, 4) is 0 Å². The molecule has 0 N–H and O–H groups in total. The molecule has 1 fully saturated rings. The Morgan fingerprint density at radius 1 is 1.19 bits per heavy atom. The third-order valence-electron chi connectivity index (χ3n) is 6.52. The molecule has 1 saturated heterocycles. The first kappa shape index (κ1) is 25.5. The summed E-state index contributed by atoms with van der Waals surface area (Å²) in [5, 5.41) is 0.164. The van der Waals surface area contributed by atoms with Crippen LogP contribution in [-0.4, -0.2) is 36.2 Å². The van der Waals surface area contributed by atoms with Crippen molar-refractivity contribution in [2.45, 2.75) is 50.1 Å². The molecule has 0 radical (unpaired) electrons. The summed E-state index contributed by atoms with van der Waals surface area (Å²) in [4.78, 5) is 19.3. The van der Waals surface area contributed by atoms with E-state index in [4.69, 9.17) is 4.42 Å². The Hall–Kier alpha value is -3.15. The number of fused-ring (bicyclic) bond motifs is 1. The van der Waals surface area contributed by atoms with Gasteiger partial charge in [0, 0.05) is 24.2 Å². The molecule has 1 aliphatic heterocycles. The van der Waals surface area contributed by atoms with Crippen LogP contribution < -0.4 is 4.90 Å². The van der Waals surface area contributed by atoms with Crippen molar-refractivity contribution < 1.29 is 26.4 Å². The fourth-order valence-electron chi connectivity index (χ4n) is 4.60. The normalized spacial score (nSPS) is 16.8. The number of halogens is 2. The van der Waals surface area contributed by atoms with Crippen LogP contribution in [0, 0.1) is 11.6 Å². The van der Waals surface area contributed by atoms with Crippen molar-refractivity contribution in [1.29, 1.82) is 0 Å². The predicted octanol–water partition coefficient (Wildman–Crippen LogP) is 5.97. The number of hydrogen-bond donors (Lipinski definition) is 0. The number of carbonyl (C=O) groups is 1. The van der Waals surface area contributed by atoms with Gasteiger partial charge in [-0.2, -0.15) is 4.31 Å². The van der Waals surface area contributed by atoms with E-state index in [1.54, 1.807) is 16.4 Å². The molecule has 5 rings (SSSR count). The van der Waals surface area contributed by atoms with Crippen LogP contribution in [0.5, 0.6) is 0 Å². The molecule has 194 valence electrons. The summed E-state index contributed by atoms with van der Waals surface area (Å²) in [5.74, 6) is -1.57. The van der Waals surface area contributed by atoms with Crippen molar-refractivity contribution in [2.24, 2.45) is 0 Å². The molecule has 2 aromatic heterocycles. The zero-order valence-electron chi connectivity index (χ0n) is 20.1. The molecule has 4 aromatic rings. The molecule has 0 aliphatic carbocycles. The fraction of sp³-hybridized carbons (Fsp3) is 0.308. The van der Waals surface area contributed by atoms with E-state index in [1.165, 1.54) is 41.5 Å². The zero-order chi connectivity index (χ0) is 26.2. The van der Waals surface area contributed by atoms with Crippen molar-refractivity contribution in [3.63, 3.8) is 0 Å². The van der Waals surface area contributed by atoms with E-state index in [1.807, 2.05) is 6.92 Å². The Morgan fingerprint density at radius 3 is 2.68 bits per heavy atom. The summed E-state index contributed by atoms with van der Waals surface area (Å²) in [6.07, 6.45) is 4.87. The number of carbonyl (C=O) groups excluding carboxylic acids is 1. The van der Waals surface area contributed by atoms with Crippen LogP contribution in [0.15, 0.2) is 64.1 Å². The molecule has 2 aromatic carbocycles. The predicted molar refractivity (Wildman–Crippen MR) is 137 cm³/mol. The average molecular weight is 546 g/mol. The molecule has 1 unspecified atom stereocenters. The Labute approximate surface area is 217 Å². The topological polar surface area (TPSA) is 83.7 Å². The third kappa shape index (κ3) is 5.03. The van der Waals surface area contributed by atoms with Crippen molar-refractivity contribution >= 4 is 42.6 Å². The van der Waals surface area contributed by atoms with Gasteiger partial charge in [0.15, 0.2) is 10.9 Å². The number of nitrogens with zero attached hydrogens (tertiary/aromatic N) is 3. The minimum absolute atomic E-state index is 0.00175. The summed E-state index contributed by atoms with van der Waals surface area (Å²) in [7, 11) is -3.70. The van der Waals surface area contributed by atoms with Gasteiger partial charge in [0.25, 0.3) is 5.91 Å². The molecule has 0 saturated carbocycles. The summed E-state index contributed by atoms with van der Waals surface area (Å²) >= 11 is 0.977. The summed E-state index contributed by atoms with van der Waals surface area (Å²) in [6.45, 7) is 2.46. The van der Waals surface area contributed by atoms with Crippen LogP contribution in [-0.2, 0) is 16.6 Å². The van der Waals surface area contributed by atoms with Gasteiger partial charge >= 0.3 is 0 Å². The minimum Gasteiger partial charge on any atom is -0.467 e. The SMILES string of the molecule is CCC1CCCCN1S(=O)(=O)c1ccc(C(=O)N(Cc2ccco2)c2nc3c(F)cc(F)cc3s2)cc1. The lowest BCUT2D eigenvalue weighted by atomic mass is 10.0. The minimum atomic E-state index is -3.70. The van der Waals surface area contributed by atoms with Gasteiger partial charge in [-0.15, -0.1) is 0 Å². The molecule has 37 heavy (non-hydrogen) atoms. The molecule has 7 nitrogen and oxygen atoms in total. The van der Waals surface area contributed by atoms with Crippen molar-refractivity contribution in [2.75, 3.05) is 11.4 Å². The Balaban J connectivity index is 1.47. The lowest BCUT2D eigenvalue weighted by molar-refractivity contribution is 0.0983. The van der Waals surface area contributed by atoms with Gasteiger partial charge in [-0.25, -0.2) is 22.2 Å². The molecular formula is C26H25F2N3O4S2. The van der Waals surface area contributed by atoms with E-state index < -0.39 is 27.6 Å². The number of piperidine rings is 1. The third-order valence-corrected chi connectivity index (χ3v) is 9.52. The number of thiazole rings is 1. The molecule has 11 heteroatoms. The van der Waals surface area contributed by atoms with Gasteiger partial charge < -0.3 is 4.42 Å². The first-order valence-corrected chi connectivity index (χ1v) is 14.3. The standard InChI is InChI=1S/C26H25F2N3O4S2/c1-2-19-6-3-4-12-31(19)37(33,34)21-10-8-17(9-11-21)25(32)30(16-20-7-5-13-35-20)26-29-24-22(28)14-18(27)15-23(24)36-26/h5,7-11,13-15,19H,2-4,6,12,16H2,1H3. The maximum absolute atomic E-state index is 14.3. The molecule has 3 heterocycles. The molecule has 0 bridgehead atoms. The average Bonchev–Trinajstić information content (AvgIpc) is 3.57. The number of furan rings is 1. The number of anilines is 1. The maximum Gasteiger partial charge on any atom is 0.260 e. The second-order valence-electron chi connectivity index (χ2n) is 8.90. The number of sulfonamides is 1. The summed E-state index contributed by atoms with van der Waals surface area (Å²) < 4.78 is 61.9. The molecule has 1 atom stereocenters. The summed E-state index contributed by atoms with van der Waals surface area (Å²) in [6, 6.07) is 11.0. The number of hydrogen-bond acceptors (Lipinski definition) is 6. The number of amides is 1. The van der Waals surface area contributed by atoms with E-state index >= 15 is 0 Å². The van der Waals surface area contributed by atoms with Crippen LogP contribution >= 0.6 is 11.3 Å². The van der Waals surface area contributed by atoms with Crippen LogP contribution in [0.3, 0.4) is 0 Å². The van der Waals surface area contributed by atoms with Crippen LogP contribution in [0.2, 0.25) is 0 Å². The van der Waals surface area contributed by atoms with Gasteiger partial charge in [-0.1, -0.05) is 24.7 Å². The monoisotopic (exact) mass is 545 g/mol. The highest BCUT2D eigenvalue weighted by molar-refractivity contribution is 7.89. The Morgan fingerprint density at radius 2 is 1.97 bits per heavy atom. The van der Waals surface area contributed by atoms with E-state index in [0.717, 1.165) is 43.1 Å². The van der Waals surface area contributed by atoms with E-state index in [0.29, 0.717) is 12.3 Å². The van der Waals surface area contributed by atoms with Crippen LogP contribution in [0.1, 0.15) is 48.7 Å². The lowest BCUT2D eigenvalue weighted by Gasteiger charge is -2.34. The van der Waals surface area contributed by atoms with E-state index in [2.05, 4.69) is 4.98 Å². The quantitative estimate of drug-likeness (QED) is 0.286. The van der Waals surface area contributed by atoms with E-state index in [9.17, 15) is 22.0 Å². The second kappa shape index (κ2) is 10.3. The summed E-state index contributed by atoms with van der Waals surface area (Å²) in [5.41, 5.74) is 0.189. The highest BCUT2D eigenvalue weighted by Gasteiger charge is 2.33. The first-order chi connectivity index (χ1) is 17.8. The maximum atomic E-state index is 14.3. The van der Waals surface area contributed by atoms with Gasteiger partial charge in [0.1, 0.15) is 17.1 Å². The largest absolute Gasteiger partial charge is 0.467 e. The molecule has 1 aliphatic rings. The second-order valence-corrected chi connectivity index (χ2v) is 11.8. The molecular weight excluding hydrogens is 520 g/mol. The highest BCUT2D eigenvalue weighted by atomic mass is 32.2. The fourth-order valence-corrected chi connectivity index (χ4v) is 7.37. The molecule has 1 amide bonds. The van der Waals surface area contributed by atoms with Gasteiger partial charge in [0.2, 0.25) is 10.0 Å². The number of benzene rings is 2.